The van der Waals surface area contributed by atoms with Gasteiger partial charge in [-0.3, -0.25) is 14.9 Å². The van der Waals surface area contributed by atoms with Gasteiger partial charge in [0.15, 0.2) is 12.4 Å². The van der Waals surface area contributed by atoms with Gasteiger partial charge >= 0.3 is 5.69 Å². The van der Waals surface area contributed by atoms with Crippen LogP contribution >= 0.6 is 11.8 Å². The van der Waals surface area contributed by atoms with Gasteiger partial charge in [-0.2, -0.15) is 5.26 Å². The second-order valence-corrected chi connectivity index (χ2v) is 6.26. The fourth-order valence-corrected chi connectivity index (χ4v) is 2.98. The molecule has 1 N–H and O–H groups in total. The number of carbonyl (C=O) groups is 1. The first kappa shape index (κ1) is 20.1. The van der Waals surface area contributed by atoms with Crippen molar-refractivity contribution in [1.82, 2.24) is 0 Å². The third kappa shape index (κ3) is 6.20. The van der Waals surface area contributed by atoms with E-state index in [1.54, 1.807) is 36.4 Å². The lowest BCUT2D eigenvalue weighted by Crippen LogP contribution is -2.14. The van der Waals surface area contributed by atoms with Crippen molar-refractivity contribution >= 4 is 29.0 Å². The smallest absolute Gasteiger partial charge is 0.311 e. The van der Waals surface area contributed by atoms with Gasteiger partial charge in [0.2, 0.25) is 5.91 Å². The van der Waals surface area contributed by atoms with E-state index in [0.717, 1.165) is 5.56 Å². The maximum atomic E-state index is 12.1. The van der Waals surface area contributed by atoms with Crippen LogP contribution in [0.1, 0.15) is 5.56 Å². The molecule has 2 aromatic carbocycles. The van der Waals surface area contributed by atoms with E-state index < -0.39 is 4.92 Å². The number of amides is 1. The van der Waals surface area contributed by atoms with Crippen LogP contribution in [0, 0.1) is 21.4 Å². The summed E-state index contributed by atoms with van der Waals surface area (Å²) in [5.74, 6) is 1.12. The molecule has 0 unspecified atom stereocenters. The first-order valence-corrected chi connectivity index (χ1v) is 8.97. The second-order valence-electron chi connectivity index (χ2n) is 5.28. The molecule has 0 saturated heterocycles. The molecule has 0 saturated carbocycles. The third-order valence-electron chi connectivity index (χ3n) is 3.36. The number of ether oxygens (including phenoxy) is 2. The zero-order chi connectivity index (χ0) is 19.6. The summed E-state index contributed by atoms with van der Waals surface area (Å²) in [6.45, 7) is -0.0682. The molecular weight excluding hydrogens is 370 g/mol. The van der Waals surface area contributed by atoms with Crippen molar-refractivity contribution in [2.75, 3.05) is 24.8 Å². The van der Waals surface area contributed by atoms with Gasteiger partial charge in [-0.25, -0.2) is 0 Å². The van der Waals surface area contributed by atoms with Gasteiger partial charge in [0.1, 0.15) is 11.8 Å². The summed E-state index contributed by atoms with van der Waals surface area (Å²) in [4.78, 5) is 22.6. The van der Waals surface area contributed by atoms with Crippen molar-refractivity contribution in [3.63, 3.8) is 0 Å². The Bertz CT molecular complexity index is 866. The van der Waals surface area contributed by atoms with Gasteiger partial charge in [0, 0.05) is 23.6 Å². The van der Waals surface area contributed by atoms with Gasteiger partial charge in [0.25, 0.3) is 0 Å². The Balaban J connectivity index is 1.87. The van der Waals surface area contributed by atoms with Crippen LogP contribution in [-0.4, -0.2) is 30.3 Å². The van der Waals surface area contributed by atoms with Gasteiger partial charge in [-0.1, -0.05) is 12.1 Å². The Hall–Kier alpha value is -3.25. The minimum absolute atomic E-state index is 0.0682. The molecule has 0 aliphatic heterocycles. The number of nitrogens with one attached hydrogen (secondary N) is 1. The Kier molecular flexibility index (Phi) is 7.46. The molecule has 8 nitrogen and oxygen atoms in total. The number of hydrogen-bond acceptors (Lipinski definition) is 7. The topological polar surface area (TPSA) is 114 Å². The van der Waals surface area contributed by atoms with Crippen LogP contribution in [0.25, 0.3) is 0 Å². The van der Waals surface area contributed by atoms with Crippen LogP contribution in [0.4, 0.5) is 11.4 Å². The molecule has 140 valence electrons. The van der Waals surface area contributed by atoms with Gasteiger partial charge in [-0.15, -0.1) is 11.8 Å². The number of nitriles is 1. The monoisotopic (exact) mass is 387 g/mol. The number of hydrogen-bond donors (Lipinski definition) is 1. The van der Waals surface area contributed by atoms with Crippen LogP contribution in [-0.2, 0) is 10.5 Å². The highest BCUT2D eigenvalue weighted by Gasteiger charge is 2.15. The van der Waals surface area contributed by atoms with Crippen molar-refractivity contribution in [2.24, 2.45) is 0 Å². The Morgan fingerprint density at radius 3 is 2.85 bits per heavy atom. The second kappa shape index (κ2) is 10.0. The van der Waals surface area contributed by atoms with E-state index in [-0.39, 0.29) is 29.7 Å². The Labute approximate surface area is 160 Å². The standard InChI is InChI=1S/C18H17N3O5S/c1-25-17-6-5-13(9-16(17)21(23)24)11-27-12-18(22)20-14-3-2-4-15(10-14)26-8-7-19/h2-6,9-10H,8,11-12H2,1H3,(H,20,22). The summed E-state index contributed by atoms with van der Waals surface area (Å²) in [6, 6.07) is 13.3. The number of benzene rings is 2. The average Bonchev–Trinajstić information content (AvgIpc) is 2.66. The SMILES string of the molecule is COc1ccc(CSCC(=O)Nc2cccc(OCC#N)c2)cc1[N+](=O)[O-]. The van der Waals surface area contributed by atoms with Crippen LogP contribution in [0.5, 0.6) is 11.5 Å². The number of nitro groups is 1. The van der Waals surface area contributed by atoms with E-state index >= 15 is 0 Å². The fourth-order valence-electron chi connectivity index (χ4n) is 2.21. The molecule has 0 radical (unpaired) electrons. The predicted molar refractivity (Wildman–Crippen MR) is 102 cm³/mol. The van der Waals surface area contributed by atoms with Gasteiger partial charge in [0.05, 0.1) is 17.8 Å². The highest BCUT2D eigenvalue weighted by Crippen LogP contribution is 2.29. The van der Waals surface area contributed by atoms with E-state index in [0.29, 0.717) is 17.2 Å². The molecule has 0 fully saturated rings. The Morgan fingerprint density at radius 2 is 2.15 bits per heavy atom. The highest BCUT2D eigenvalue weighted by atomic mass is 32.2. The lowest BCUT2D eigenvalue weighted by Gasteiger charge is -2.08. The first-order chi connectivity index (χ1) is 13.0. The summed E-state index contributed by atoms with van der Waals surface area (Å²) >= 11 is 1.34. The predicted octanol–water partition coefficient (Wildman–Crippen LogP) is 3.38. The van der Waals surface area contributed by atoms with Gasteiger partial charge in [-0.05, 0) is 23.8 Å². The quantitative estimate of drug-likeness (QED) is 0.518. The number of nitro benzene ring substituents is 1. The maximum Gasteiger partial charge on any atom is 0.311 e. The number of thioether (sulfide) groups is 1. The molecule has 9 heteroatoms. The number of carbonyl (C=O) groups excluding carboxylic acids is 1. The number of nitrogens with zero attached hydrogens (tertiary/aromatic N) is 2. The van der Waals surface area contributed by atoms with Crippen molar-refractivity contribution in [2.45, 2.75) is 5.75 Å². The molecule has 0 aliphatic carbocycles. The summed E-state index contributed by atoms with van der Waals surface area (Å²) in [7, 11) is 1.38. The molecule has 27 heavy (non-hydrogen) atoms. The van der Waals surface area contributed by atoms with Crippen LogP contribution in [0.3, 0.4) is 0 Å². The van der Waals surface area contributed by atoms with Crippen molar-refractivity contribution < 1.29 is 19.2 Å². The lowest BCUT2D eigenvalue weighted by atomic mass is 10.2. The average molecular weight is 387 g/mol. The van der Waals surface area contributed by atoms with E-state index in [2.05, 4.69) is 5.32 Å². The molecule has 0 aliphatic rings. The molecule has 2 rings (SSSR count). The van der Waals surface area contributed by atoms with Crippen LogP contribution < -0.4 is 14.8 Å². The van der Waals surface area contributed by atoms with E-state index in [1.165, 1.54) is 24.9 Å². The van der Waals surface area contributed by atoms with E-state index in [9.17, 15) is 14.9 Å². The lowest BCUT2D eigenvalue weighted by molar-refractivity contribution is -0.385. The molecule has 0 heterocycles. The summed E-state index contributed by atoms with van der Waals surface area (Å²) < 4.78 is 10.1. The number of rotatable bonds is 9. The minimum Gasteiger partial charge on any atom is -0.490 e. The summed E-state index contributed by atoms with van der Waals surface area (Å²) in [5, 5.41) is 22.3. The molecular formula is C18H17N3O5S. The van der Waals surface area contributed by atoms with Crippen LogP contribution in [0.2, 0.25) is 0 Å². The normalized spacial score (nSPS) is 9.93. The molecule has 2 aromatic rings. The summed E-state index contributed by atoms with van der Waals surface area (Å²) in [5.41, 5.74) is 1.19. The van der Waals surface area contributed by atoms with Gasteiger partial charge < -0.3 is 14.8 Å². The minimum atomic E-state index is -0.499. The zero-order valence-corrected chi connectivity index (χ0v) is 15.3. The zero-order valence-electron chi connectivity index (χ0n) is 14.5. The van der Waals surface area contributed by atoms with Crippen LogP contribution in [0.15, 0.2) is 42.5 Å². The molecule has 0 bridgehead atoms. The largest absolute Gasteiger partial charge is 0.490 e. The highest BCUT2D eigenvalue weighted by molar-refractivity contribution is 7.99. The number of methoxy groups -OCH3 is 1. The molecule has 0 aromatic heterocycles. The first-order valence-electron chi connectivity index (χ1n) is 7.82. The summed E-state index contributed by atoms with van der Waals surface area (Å²) in [6.07, 6.45) is 0. The Morgan fingerprint density at radius 1 is 1.33 bits per heavy atom. The fraction of sp³-hybridized carbons (Fsp3) is 0.222. The van der Waals surface area contributed by atoms with E-state index in [4.69, 9.17) is 14.7 Å². The van der Waals surface area contributed by atoms with Crippen molar-refractivity contribution in [1.29, 1.82) is 5.26 Å². The van der Waals surface area contributed by atoms with E-state index in [1.807, 2.05) is 6.07 Å². The number of anilines is 1. The van der Waals surface area contributed by atoms with Crippen molar-refractivity contribution in [3.8, 4) is 17.6 Å². The maximum absolute atomic E-state index is 12.1. The molecule has 0 atom stereocenters. The van der Waals surface area contributed by atoms with Crippen molar-refractivity contribution in [3.05, 3.63) is 58.1 Å². The third-order valence-corrected chi connectivity index (χ3v) is 4.37. The molecule has 1 amide bonds. The molecule has 0 spiro atoms.